The molecule has 4 nitrogen and oxygen atoms in total. The highest BCUT2D eigenvalue weighted by molar-refractivity contribution is 7.69. The Morgan fingerprint density at radius 2 is 1.50 bits per heavy atom. The molecule has 0 aromatic heterocycles. The molecule has 1 aliphatic rings. The van der Waals surface area contributed by atoms with Crippen LogP contribution in [-0.4, -0.2) is 18.2 Å². The van der Waals surface area contributed by atoms with Crippen LogP contribution < -0.4 is 11.0 Å². The average molecular weight is 448 g/mol. The Morgan fingerprint density at radius 3 is 2.00 bits per heavy atom. The van der Waals surface area contributed by atoms with Gasteiger partial charge in [-0.2, -0.15) is 0 Å². The smallest absolute Gasteiger partial charge is 0.294 e. The molecule has 0 bridgehead atoms. The molecule has 4 rings (SSSR count). The van der Waals surface area contributed by atoms with E-state index in [4.69, 9.17) is 10.8 Å². The lowest BCUT2D eigenvalue weighted by atomic mass is 10.2. The Morgan fingerprint density at radius 1 is 0.938 bits per heavy atom. The number of hydrogen-bond donors (Lipinski definition) is 2. The Kier molecular flexibility index (Phi) is 11.5. The first-order valence-corrected chi connectivity index (χ1v) is 12.2. The summed E-state index contributed by atoms with van der Waals surface area (Å²) in [6, 6.07) is 29.0. The van der Waals surface area contributed by atoms with Crippen molar-refractivity contribution in [2.45, 2.75) is 19.1 Å². The van der Waals surface area contributed by atoms with Crippen LogP contribution in [-0.2, 0) is 9.53 Å². The SMILES string of the molecule is CP(C1=CC=CCC1)c1ccccc1.NC(OC=O)c1ccc(O)cc1.c1ccccc1. The summed E-state index contributed by atoms with van der Waals surface area (Å²) in [5.74, 6) is 0.150. The van der Waals surface area contributed by atoms with Gasteiger partial charge in [-0.05, 0) is 42.3 Å². The first kappa shape index (κ1) is 25.1. The minimum absolute atomic E-state index is 0.0840. The molecule has 0 saturated carbocycles. The number of phenols is 1. The van der Waals surface area contributed by atoms with Crippen molar-refractivity contribution in [2.75, 3.05) is 6.66 Å². The van der Waals surface area contributed by atoms with Gasteiger partial charge in [0.05, 0.1) is 0 Å². The molecule has 3 aromatic carbocycles. The molecule has 0 aliphatic heterocycles. The number of phenolic OH excluding ortho intramolecular Hbond substituents is 1. The Labute approximate surface area is 191 Å². The fourth-order valence-corrected chi connectivity index (χ4v) is 4.60. The zero-order valence-electron chi connectivity index (χ0n) is 18.2. The predicted octanol–water partition coefficient (Wildman–Crippen LogP) is 5.87. The summed E-state index contributed by atoms with van der Waals surface area (Å²) >= 11 is 0. The number of rotatable bonds is 5. The summed E-state index contributed by atoms with van der Waals surface area (Å²) in [7, 11) is -0.0840. The van der Waals surface area contributed by atoms with E-state index in [2.05, 4.69) is 60.0 Å². The van der Waals surface area contributed by atoms with Gasteiger partial charge in [0.15, 0.2) is 6.23 Å². The second-order valence-electron chi connectivity index (χ2n) is 6.92. The maximum Gasteiger partial charge on any atom is 0.294 e. The molecule has 2 unspecified atom stereocenters. The van der Waals surface area contributed by atoms with Gasteiger partial charge in [0, 0.05) is 5.56 Å². The van der Waals surface area contributed by atoms with Crippen LogP contribution >= 0.6 is 7.92 Å². The molecule has 32 heavy (non-hydrogen) atoms. The van der Waals surface area contributed by atoms with Gasteiger partial charge >= 0.3 is 0 Å². The highest BCUT2D eigenvalue weighted by atomic mass is 31.1. The lowest BCUT2D eigenvalue weighted by Gasteiger charge is -2.17. The number of carbonyl (C=O) groups excluding carboxylic acids is 1. The van der Waals surface area contributed by atoms with E-state index in [1.165, 1.54) is 30.3 Å². The van der Waals surface area contributed by atoms with E-state index in [9.17, 15) is 4.79 Å². The molecule has 2 atom stereocenters. The number of nitrogens with two attached hydrogens (primary N) is 1. The monoisotopic (exact) mass is 447 g/mol. The fraction of sp³-hybridized carbons (Fsp3) is 0.148. The molecule has 3 N–H and O–H groups in total. The molecule has 0 radical (unpaired) electrons. The third-order valence-electron chi connectivity index (χ3n) is 4.66. The van der Waals surface area contributed by atoms with Crippen LogP contribution in [0.3, 0.4) is 0 Å². The lowest BCUT2D eigenvalue weighted by Crippen LogP contribution is -2.13. The fourth-order valence-electron chi connectivity index (χ4n) is 2.87. The van der Waals surface area contributed by atoms with Crippen molar-refractivity contribution in [3.63, 3.8) is 0 Å². The van der Waals surface area contributed by atoms with Gasteiger partial charge in [-0.15, -0.1) is 0 Å². The summed E-state index contributed by atoms with van der Waals surface area (Å²) < 4.78 is 4.48. The minimum atomic E-state index is -0.761. The van der Waals surface area contributed by atoms with Crippen LogP contribution in [0.15, 0.2) is 115 Å². The van der Waals surface area contributed by atoms with Gasteiger partial charge in [0.25, 0.3) is 6.47 Å². The first-order chi connectivity index (χ1) is 15.6. The van der Waals surface area contributed by atoms with Gasteiger partial charge in [-0.3, -0.25) is 10.5 Å². The summed E-state index contributed by atoms with van der Waals surface area (Å²) in [5.41, 5.74) is 6.06. The van der Waals surface area contributed by atoms with E-state index in [0.717, 1.165) is 0 Å². The molecule has 0 amide bonds. The van der Waals surface area contributed by atoms with Crippen molar-refractivity contribution in [2.24, 2.45) is 5.73 Å². The summed E-state index contributed by atoms with van der Waals surface area (Å²) in [6.45, 7) is 2.65. The zero-order chi connectivity index (χ0) is 23.0. The molecular formula is C27H30NO3P. The Balaban J connectivity index is 0.000000183. The van der Waals surface area contributed by atoms with Gasteiger partial charge in [0.1, 0.15) is 5.75 Å². The lowest BCUT2D eigenvalue weighted by molar-refractivity contribution is -0.133. The topological polar surface area (TPSA) is 72.5 Å². The van der Waals surface area contributed by atoms with Gasteiger partial charge in [0.2, 0.25) is 0 Å². The van der Waals surface area contributed by atoms with Crippen LogP contribution in [0.2, 0.25) is 0 Å². The van der Waals surface area contributed by atoms with Gasteiger partial charge < -0.3 is 9.84 Å². The van der Waals surface area contributed by atoms with Crippen molar-refractivity contribution in [1.82, 2.24) is 0 Å². The Bertz CT molecular complexity index is 931. The van der Waals surface area contributed by atoms with Crippen LogP contribution in [0.1, 0.15) is 24.6 Å². The molecule has 166 valence electrons. The summed E-state index contributed by atoms with van der Waals surface area (Å²) in [4.78, 5) is 9.90. The number of aromatic hydroxyl groups is 1. The molecule has 0 fully saturated rings. The first-order valence-electron chi connectivity index (χ1n) is 10.4. The standard InChI is InChI=1S/C13H15P.C8H9NO3.C6H6/c1-14(12-8-4-2-5-9-12)13-10-6-3-7-11-13;9-8(12-5-10)6-1-3-7(11)4-2-6;1-2-4-6-5-3-1/h2-6,8-10H,7,11H2,1H3;1-5,8,11H,9H2;1-6H. The van der Waals surface area contributed by atoms with Crippen LogP contribution in [0.25, 0.3) is 0 Å². The van der Waals surface area contributed by atoms with Crippen molar-refractivity contribution in [1.29, 1.82) is 0 Å². The zero-order valence-corrected chi connectivity index (χ0v) is 19.1. The van der Waals surface area contributed by atoms with Crippen molar-refractivity contribution in [3.05, 3.63) is 120 Å². The van der Waals surface area contributed by atoms with Gasteiger partial charge in [-0.25, -0.2) is 0 Å². The van der Waals surface area contributed by atoms with Gasteiger partial charge in [-0.1, -0.05) is 105 Å². The number of allylic oxidation sites excluding steroid dienone is 4. The van der Waals surface area contributed by atoms with E-state index < -0.39 is 6.23 Å². The summed E-state index contributed by atoms with van der Waals surface area (Å²) in [5, 5.41) is 12.0. The number of ether oxygens (including phenoxy) is 1. The minimum Gasteiger partial charge on any atom is -0.508 e. The third kappa shape index (κ3) is 9.30. The van der Waals surface area contributed by atoms with E-state index in [1.807, 2.05) is 36.4 Å². The maximum absolute atomic E-state index is 9.90. The molecule has 3 aromatic rings. The molecule has 1 aliphatic carbocycles. The largest absolute Gasteiger partial charge is 0.508 e. The van der Waals surface area contributed by atoms with Crippen LogP contribution in [0, 0.1) is 0 Å². The van der Waals surface area contributed by atoms with Crippen LogP contribution in [0.5, 0.6) is 5.75 Å². The third-order valence-corrected chi connectivity index (χ3v) is 6.96. The number of hydrogen-bond acceptors (Lipinski definition) is 4. The number of carbonyl (C=O) groups is 1. The molecule has 0 saturated heterocycles. The highest BCUT2D eigenvalue weighted by Crippen LogP contribution is 2.43. The van der Waals surface area contributed by atoms with Crippen molar-refractivity contribution >= 4 is 19.7 Å². The van der Waals surface area contributed by atoms with Crippen molar-refractivity contribution in [3.8, 4) is 5.75 Å². The molecule has 0 heterocycles. The maximum atomic E-state index is 9.90. The quantitative estimate of drug-likeness (QED) is 0.292. The second-order valence-corrected chi connectivity index (χ2v) is 9.13. The molecule has 0 spiro atoms. The summed E-state index contributed by atoms with van der Waals surface area (Å²) in [6.07, 6.45) is 8.43. The van der Waals surface area contributed by atoms with E-state index in [0.29, 0.717) is 5.56 Å². The Hall–Kier alpha value is -3.20. The molecular weight excluding hydrogens is 417 g/mol. The highest BCUT2D eigenvalue weighted by Gasteiger charge is 2.10. The van der Waals surface area contributed by atoms with Crippen molar-refractivity contribution < 1.29 is 14.6 Å². The normalized spacial score (nSPS) is 13.8. The predicted molar refractivity (Wildman–Crippen MR) is 134 cm³/mol. The average Bonchev–Trinajstić information content (AvgIpc) is 2.87. The second kappa shape index (κ2) is 14.7. The van der Waals surface area contributed by atoms with Crippen LogP contribution in [0.4, 0.5) is 0 Å². The molecule has 5 heteroatoms. The van der Waals surface area contributed by atoms with E-state index >= 15 is 0 Å². The van der Waals surface area contributed by atoms with E-state index in [1.54, 1.807) is 17.4 Å². The number of benzene rings is 3. The van der Waals surface area contributed by atoms with E-state index in [-0.39, 0.29) is 20.1 Å².